The first-order chi connectivity index (χ1) is 9.85. The van der Waals surface area contributed by atoms with Crippen molar-refractivity contribution in [2.45, 2.75) is 37.7 Å². The maximum Gasteiger partial charge on any atom is 0.240 e. The second kappa shape index (κ2) is 6.37. The van der Waals surface area contributed by atoms with Crippen LogP contribution in [0.4, 0.5) is 0 Å². The Hall–Kier alpha value is -1.40. The molecule has 106 valence electrons. The summed E-state index contributed by atoms with van der Waals surface area (Å²) in [5, 5.41) is 4.00. The van der Waals surface area contributed by atoms with E-state index in [-0.39, 0.29) is 0 Å². The molecule has 1 fully saturated rings. The summed E-state index contributed by atoms with van der Waals surface area (Å²) in [6.45, 7) is 1.64. The molecular weight excluding hydrogens is 272 g/mol. The van der Waals surface area contributed by atoms with Gasteiger partial charge in [-0.25, -0.2) is 0 Å². The van der Waals surface area contributed by atoms with Gasteiger partial charge in [0.05, 0.1) is 12.3 Å². The number of nitrogens with zero attached hydrogens (tertiary/aromatic N) is 4. The molecule has 0 spiro atoms. The summed E-state index contributed by atoms with van der Waals surface area (Å²) in [5.41, 5.74) is 1.27. The maximum atomic E-state index is 5.33. The highest BCUT2D eigenvalue weighted by Gasteiger charge is 2.30. The zero-order valence-electron chi connectivity index (χ0n) is 11.5. The van der Waals surface area contributed by atoms with Crippen molar-refractivity contribution in [3.8, 4) is 0 Å². The molecule has 0 radical (unpaired) electrons. The molecule has 2 aromatic rings. The fourth-order valence-corrected chi connectivity index (χ4v) is 2.57. The van der Waals surface area contributed by atoms with Crippen LogP contribution in [0, 0.1) is 0 Å². The van der Waals surface area contributed by atoms with Gasteiger partial charge in [-0.3, -0.25) is 9.88 Å². The van der Waals surface area contributed by atoms with Gasteiger partial charge in [-0.15, -0.1) is 0 Å². The minimum atomic E-state index is 0.652. The molecule has 6 heteroatoms. The van der Waals surface area contributed by atoms with Crippen LogP contribution in [-0.2, 0) is 18.8 Å². The highest BCUT2D eigenvalue weighted by molar-refractivity contribution is 7.97. The summed E-state index contributed by atoms with van der Waals surface area (Å²) in [4.78, 5) is 10.9. The number of aromatic nitrogens is 3. The molecule has 0 bridgehead atoms. The molecular formula is C14H18N4OS. The average molecular weight is 290 g/mol. The lowest BCUT2D eigenvalue weighted by Crippen LogP contribution is -2.25. The quantitative estimate of drug-likeness (QED) is 0.781. The highest BCUT2D eigenvalue weighted by Crippen LogP contribution is 2.29. The lowest BCUT2D eigenvalue weighted by Gasteiger charge is -2.19. The van der Waals surface area contributed by atoms with Gasteiger partial charge in [0.15, 0.2) is 5.82 Å². The summed E-state index contributed by atoms with van der Waals surface area (Å²) in [6, 6.07) is 4.77. The first-order valence-corrected chi connectivity index (χ1v) is 8.18. The van der Waals surface area contributed by atoms with Crippen LogP contribution in [0.3, 0.4) is 0 Å². The summed E-state index contributed by atoms with van der Waals surface area (Å²) < 4.78 is 5.33. The number of hydrogen-bond acceptors (Lipinski definition) is 6. The van der Waals surface area contributed by atoms with Crippen molar-refractivity contribution in [2.75, 3.05) is 6.26 Å². The van der Waals surface area contributed by atoms with E-state index < -0.39 is 0 Å². The summed E-state index contributed by atoms with van der Waals surface area (Å²) in [6.07, 6.45) is 8.23. The SMILES string of the molecule is CSCc1noc(CN(Cc2ccncc2)C2CC2)n1. The molecule has 5 nitrogen and oxygen atoms in total. The Morgan fingerprint density at radius 3 is 2.80 bits per heavy atom. The van der Waals surface area contributed by atoms with Gasteiger partial charge >= 0.3 is 0 Å². The number of pyridine rings is 1. The van der Waals surface area contributed by atoms with Gasteiger partial charge in [0.25, 0.3) is 0 Å². The molecule has 0 amide bonds. The molecule has 1 saturated carbocycles. The van der Waals surface area contributed by atoms with Crippen LogP contribution in [0.1, 0.15) is 30.1 Å². The van der Waals surface area contributed by atoms with Gasteiger partial charge in [0, 0.05) is 25.0 Å². The third-order valence-corrected chi connectivity index (χ3v) is 3.87. The van der Waals surface area contributed by atoms with Gasteiger partial charge in [0.2, 0.25) is 5.89 Å². The van der Waals surface area contributed by atoms with Crippen LogP contribution >= 0.6 is 11.8 Å². The first-order valence-electron chi connectivity index (χ1n) is 6.78. The van der Waals surface area contributed by atoms with Gasteiger partial charge in [-0.05, 0) is 36.8 Å². The van der Waals surface area contributed by atoms with E-state index in [2.05, 4.69) is 32.2 Å². The Morgan fingerprint density at radius 2 is 2.10 bits per heavy atom. The predicted octanol–water partition coefficient (Wildman–Crippen LogP) is 2.49. The van der Waals surface area contributed by atoms with Gasteiger partial charge in [-0.1, -0.05) is 5.16 Å². The van der Waals surface area contributed by atoms with E-state index in [0.29, 0.717) is 6.04 Å². The molecule has 2 heterocycles. The molecule has 1 aliphatic rings. The molecule has 20 heavy (non-hydrogen) atoms. The van der Waals surface area contributed by atoms with Crippen molar-refractivity contribution in [3.63, 3.8) is 0 Å². The second-order valence-electron chi connectivity index (χ2n) is 5.03. The van der Waals surface area contributed by atoms with Crippen LogP contribution in [-0.4, -0.2) is 32.3 Å². The molecule has 0 unspecified atom stereocenters. The molecule has 0 N–H and O–H groups in total. The van der Waals surface area contributed by atoms with Gasteiger partial charge in [0.1, 0.15) is 0 Å². The Morgan fingerprint density at radius 1 is 1.30 bits per heavy atom. The molecule has 0 aromatic carbocycles. The minimum Gasteiger partial charge on any atom is -0.338 e. The first kappa shape index (κ1) is 13.6. The van der Waals surface area contributed by atoms with E-state index >= 15 is 0 Å². The fourth-order valence-electron chi connectivity index (χ4n) is 2.19. The highest BCUT2D eigenvalue weighted by atomic mass is 32.2. The van der Waals surface area contributed by atoms with E-state index in [0.717, 1.165) is 30.6 Å². The van der Waals surface area contributed by atoms with Gasteiger partial charge in [-0.2, -0.15) is 16.7 Å². The standard InChI is InChI=1S/C14H18N4OS/c1-20-10-13-16-14(19-17-13)9-18(12-2-3-12)8-11-4-6-15-7-5-11/h4-7,12H,2-3,8-10H2,1H3. The Labute approximate surface area is 122 Å². The van der Waals surface area contributed by atoms with Crippen LogP contribution < -0.4 is 0 Å². The smallest absolute Gasteiger partial charge is 0.240 e. The monoisotopic (exact) mass is 290 g/mol. The van der Waals surface area contributed by atoms with Crippen LogP contribution in [0.5, 0.6) is 0 Å². The zero-order chi connectivity index (χ0) is 13.8. The van der Waals surface area contributed by atoms with E-state index in [1.54, 1.807) is 11.8 Å². The molecule has 1 aliphatic carbocycles. The van der Waals surface area contributed by atoms with E-state index in [9.17, 15) is 0 Å². The maximum absolute atomic E-state index is 5.33. The molecule has 0 atom stereocenters. The minimum absolute atomic E-state index is 0.652. The van der Waals surface area contributed by atoms with E-state index in [4.69, 9.17) is 4.52 Å². The Kier molecular flexibility index (Phi) is 4.32. The van der Waals surface area contributed by atoms with Gasteiger partial charge < -0.3 is 4.52 Å². The zero-order valence-corrected chi connectivity index (χ0v) is 12.3. The third-order valence-electron chi connectivity index (χ3n) is 3.32. The Balaban J connectivity index is 1.65. The van der Waals surface area contributed by atoms with E-state index in [1.807, 2.05) is 18.6 Å². The number of thioether (sulfide) groups is 1. The number of hydrogen-bond donors (Lipinski definition) is 0. The predicted molar refractivity (Wildman–Crippen MR) is 78.0 cm³/mol. The molecule has 0 aliphatic heterocycles. The topological polar surface area (TPSA) is 55.1 Å². The lowest BCUT2D eigenvalue weighted by atomic mass is 10.2. The number of rotatable bonds is 7. The lowest BCUT2D eigenvalue weighted by molar-refractivity contribution is 0.209. The van der Waals surface area contributed by atoms with Crippen molar-refractivity contribution < 1.29 is 4.52 Å². The fraction of sp³-hybridized carbons (Fsp3) is 0.500. The largest absolute Gasteiger partial charge is 0.338 e. The Bertz CT molecular complexity index is 541. The second-order valence-corrected chi connectivity index (χ2v) is 5.90. The molecule has 0 saturated heterocycles. The van der Waals surface area contributed by atoms with Crippen LogP contribution in [0.2, 0.25) is 0 Å². The van der Waals surface area contributed by atoms with Crippen molar-refractivity contribution in [2.24, 2.45) is 0 Å². The van der Waals surface area contributed by atoms with Crippen molar-refractivity contribution in [1.29, 1.82) is 0 Å². The van der Waals surface area contributed by atoms with Crippen molar-refractivity contribution in [1.82, 2.24) is 20.0 Å². The van der Waals surface area contributed by atoms with Crippen LogP contribution in [0.15, 0.2) is 29.0 Å². The molecule has 2 aromatic heterocycles. The van der Waals surface area contributed by atoms with E-state index in [1.165, 1.54) is 18.4 Å². The van der Waals surface area contributed by atoms with Crippen LogP contribution in [0.25, 0.3) is 0 Å². The van der Waals surface area contributed by atoms with Crippen molar-refractivity contribution in [3.05, 3.63) is 41.8 Å². The third kappa shape index (κ3) is 3.58. The summed E-state index contributed by atoms with van der Waals surface area (Å²) in [7, 11) is 0. The molecule has 3 rings (SSSR count). The normalized spacial score (nSPS) is 14.9. The summed E-state index contributed by atoms with van der Waals surface area (Å²) >= 11 is 1.70. The summed E-state index contributed by atoms with van der Waals surface area (Å²) in [5.74, 6) is 2.30. The van der Waals surface area contributed by atoms with Crippen molar-refractivity contribution >= 4 is 11.8 Å². The average Bonchev–Trinajstić information content (AvgIpc) is 3.22.